The number of alkyl carbamates (subject to hydrolysis) is 2. The summed E-state index contributed by atoms with van der Waals surface area (Å²) in [7, 11) is 4.08. The van der Waals surface area contributed by atoms with Gasteiger partial charge in [0.1, 0.15) is 29.8 Å². The van der Waals surface area contributed by atoms with E-state index in [1.54, 1.807) is 11.8 Å². The molecule has 5 unspecified atom stereocenters. The molecule has 4 N–H and O–H groups in total. The number of piperidine rings is 1. The number of hydrogen-bond donors (Lipinski definition) is 4. The zero-order chi connectivity index (χ0) is 45.6. The number of amides is 4. The van der Waals surface area contributed by atoms with Gasteiger partial charge >= 0.3 is 12.2 Å². The minimum Gasteiger partial charge on any atom is -0.453 e. The van der Waals surface area contributed by atoms with E-state index in [1.165, 1.54) is 21.3 Å². The number of ether oxygens (including phenoxy) is 3. The molecule has 0 radical (unpaired) electrons. The monoisotopic (exact) mass is 890 g/mol. The van der Waals surface area contributed by atoms with E-state index in [0.29, 0.717) is 17.9 Å². The number of likely N-dealkylation sites (tertiary alicyclic amines) is 2. The Bertz CT molecular complexity index is 2750. The topological polar surface area (TPSA) is 180 Å². The lowest BCUT2D eigenvalue weighted by Gasteiger charge is -2.37. The third-order valence-corrected chi connectivity index (χ3v) is 14.3. The first-order valence-electron chi connectivity index (χ1n) is 22.8. The molecule has 3 fully saturated rings. The van der Waals surface area contributed by atoms with E-state index in [-0.39, 0.29) is 47.9 Å². The van der Waals surface area contributed by atoms with E-state index in [9.17, 15) is 19.2 Å². The van der Waals surface area contributed by atoms with Crippen molar-refractivity contribution in [1.29, 1.82) is 0 Å². The second-order valence-electron chi connectivity index (χ2n) is 17.9. The predicted octanol–water partition coefficient (Wildman–Crippen LogP) is 7.23. The molecular weight excluding hydrogens is 837 g/mol. The molecule has 15 nitrogen and oxygen atoms in total. The summed E-state index contributed by atoms with van der Waals surface area (Å²) in [4.78, 5) is 70.1. The standard InChI is InChI=1S/C51H54N8O7/c1-28(64-2)42(56-50(62)65-3)48(60)58-22-8-11-41(58)46-52-27-40(54-46)35-15-14-31-23-30(12-13-32(31)25-35)33-17-20-38-34(24-33)18-21-39-44(38)55-47(53-39)45-36-16-19-37(26-36)59(45)49(61)43(57-51(63)66-4)29-9-6-5-7-10-29/h5-7,9-10,12-15,17-18,20-21,23-25,27-28,36-37,39,41-45H,8,11,16,19,22,26H2,1-4H3,(H,52,54)(H,53,55)(H,56,62)(H,57,63)/t28-,36+,37-,39?,41?,42+,43?,44?,45?/m1/s1. The van der Waals surface area contributed by atoms with Crippen LogP contribution in [0.1, 0.15) is 79.7 Å². The number of aromatic nitrogens is 2. The zero-order valence-corrected chi connectivity index (χ0v) is 37.4. The second kappa shape index (κ2) is 17.8. The average Bonchev–Trinajstić information content (AvgIpc) is 4.23. The zero-order valence-electron chi connectivity index (χ0n) is 37.4. The van der Waals surface area contributed by atoms with Gasteiger partial charge in [-0.25, -0.2) is 14.6 Å². The van der Waals surface area contributed by atoms with E-state index in [2.05, 4.69) is 87.7 Å². The van der Waals surface area contributed by atoms with E-state index < -0.39 is 30.4 Å². The van der Waals surface area contributed by atoms with Crippen molar-refractivity contribution in [1.82, 2.24) is 35.7 Å². The number of aromatic amines is 1. The van der Waals surface area contributed by atoms with E-state index in [0.717, 1.165) is 82.2 Å². The lowest BCUT2D eigenvalue weighted by molar-refractivity contribution is -0.138. The summed E-state index contributed by atoms with van der Waals surface area (Å²) in [6.45, 7) is 2.28. The molecular formula is C51H54N8O7. The Kier molecular flexibility index (Phi) is 11.6. The molecule has 1 aromatic heterocycles. The van der Waals surface area contributed by atoms with E-state index >= 15 is 0 Å². The van der Waals surface area contributed by atoms with Crippen LogP contribution in [0.3, 0.4) is 0 Å². The molecule has 5 aromatic rings. The number of H-pyrrole nitrogens is 1. The fourth-order valence-corrected chi connectivity index (χ4v) is 10.8. The smallest absolute Gasteiger partial charge is 0.407 e. The maximum absolute atomic E-state index is 14.5. The maximum Gasteiger partial charge on any atom is 0.407 e. The normalized spacial score (nSPS) is 23.9. The third kappa shape index (κ3) is 7.84. The lowest BCUT2D eigenvalue weighted by Crippen LogP contribution is -2.55. The molecule has 5 aliphatic rings. The third-order valence-electron chi connectivity index (χ3n) is 14.3. The first kappa shape index (κ1) is 42.9. The molecule has 2 saturated heterocycles. The van der Waals surface area contributed by atoms with Gasteiger partial charge in [-0.2, -0.15) is 0 Å². The molecule has 4 amide bonds. The molecule has 4 aromatic carbocycles. The van der Waals surface area contributed by atoms with Gasteiger partial charge in [0, 0.05) is 25.3 Å². The molecule has 0 spiro atoms. The van der Waals surface area contributed by atoms with Crippen LogP contribution in [0.15, 0.2) is 102 Å². The van der Waals surface area contributed by atoms with Crippen molar-refractivity contribution >= 4 is 46.7 Å². The van der Waals surface area contributed by atoms with Crippen molar-refractivity contribution < 1.29 is 33.4 Å². The number of nitrogens with zero attached hydrogens (tertiary/aromatic N) is 4. The van der Waals surface area contributed by atoms with Crippen LogP contribution < -0.4 is 16.0 Å². The van der Waals surface area contributed by atoms with Crippen LogP contribution in [0, 0.1) is 5.92 Å². The largest absolute Gasteiger partial charge is 0.453 e. The van der Waals surface area contributed by atoms with E-state index in [4.69, 9.17) is 24.2 Å². The number of carbonyl (C=O) groups is 4. The molecule has 4 heterocycles. The molecule has 66 heavy (non-hydrogen) atoms. The highest BCUT2D eigenvalue weighted by Crippen LogP contribution is 2.46. The first-order valence-corrected chi connectivity index (χ1v) is 22.8. The summed E-state index contributed by atoms with van der Waals surface area (Å²) < 4.78 is 15.1. The summed E-state index contributed by atoms with van der Waals surface area (Å²) in [6, 6.07) is 26.5. The Morgan fingerprint density at radius 2 is 1.55 bits per heavy atom. The van der Waals surface area contributed by atoms with Gasteiger partial charge in [0.05, 0.1) is 50.3 Å². The summed E-state index contributed by atoms with van der Waals surface area (Å²) in [5, 5.41) is 11.3. The number of amidine groups is 1. The predicted molar refractivity (Wildman–Crippen MR) is 249 cm³/mol. The van der Waals surface area contributed by atoms with E-state index in [1.807, 2.05) is 41.4 Å². The Balaban J connectivity index is 0.853. The maximum atomic E-state index is 14.5. The van der Waals surface area contributed by atoms with Gasteiger partial charge in [-0.15, -0.1) is 0 Å². The van der Waals surface area contributed by atoms with Crippen LogP contribution in [0.5, 0.6) is 0 Å². The number of carbonyl (C=O) groups excluding carboxylic acids is 4. The number of aliphatic imine (C=N–C) groups is 1. The lowest BCUT2D eigenvalue weighted by atomic mass is 9.88. The Hall–Kier alpha value is -7.00. The van der Waals surface area contributed by atoms with Crippen molar-refractivity contribution in [2.45, 2.75) is 87.4 Å². The highest BCUT2D eigenvalue weighted by molar-refractivity contribution is 5.97. The summed E-state index contributed by atoms with van der Waals surface area (Å²) in [5.41, 5.74) is 7.00. The second-order valence-corrected chi connectivity index (χ2v) is 17.9. The molecule has 15 heteroatoms. The van der Waals surface area contributed by atoms with Crippen LogP contribution in [-0.2, 0) is 23.8 Å². The quantitative estimate of drug-likeness (QED) is 0.106. The fourth-order valence-electron chi connectivity index (χ4n) is 10.8. The molecule has 2 aliphatic carbocycles. The summed E-state index contributed by atoms with van der Waals surface area (Å²) in [5.74, 6) is 1.43. The number of benzene rings is 4. The number of rotatable bonds is 11. The van der Waals surface area contributed by atoms with Crippen LogP contribution in [-0.4, -0.2) is 108 Å². The minimum absolute atomic E-state index is 0.0274. The van der Waals surface area contributed by atoms with Crippen molar-refractivity contribution in [3.05, 3.63) is 120 Å². The summed E-state index contributed by atoms with van der Waals surface area (Å²) in [6.07, 6.45) is 8.70. The highest BCUT2D eigenvalue weighted by Gasteiger charge is 2.53. The molecule has 3 aliphatic heterocycles. The Morgan fingerprint density at radius 1 is 0.818 bits per heavy atom. The molecule has 340 valence electrons. The van der Waals surface area contributed by atoms with Gasteiger partial charge in [-0.3, -0.25) is 14.6 Å². The van der Waals surface area contributed by atoms with Crippen molar-refractivity contribution in [3.63, 3.8) is 0 Å². The first-order chi connectivity index (χ1) is 32.1. The van der Waals surface area contributed by atoms with Gasteiger partial charge in [0.15, 0.2) is 0 Å². The SMILES string of the molecule is COC(=O)NC(C(=O)N1C(C2=NC3c4ccc(-c5ccc6cc(-c7cnc(C8CCCN8C(=O)[C@@H](NC(=O)OC)[C@@H](C)OC)[nH]7)ccc6c5)cc4C=CC3N2)[C@H]2CC[C@@H]1C2)c1ccccc1. The van der Waals surface area contributed by atoms with Crippen LogP contribution in [0.25, 0.3) is 39.2 Å². The van der Waals surface area contributed by atoms with Crippen LogP contribution in [0.2, 0.25) is 0 Å². The minimum atomic E-state index is -0.900. The number of hydrogen-bond acceptors (Lipinski definition) is 10. The molecule has 1 saturated carbocycles. The van der Waals surface area contributed by atoms with Gasteiger partial charge in [0.2, 0.25) is 5.91 Å². The molecule has 10 rings (SSSR count). The van der Waals surface area contributed by atoms with Crippen molar-refractivity contribution in [3.8, 4) is 22.4 Å². The number of nitrogens with one attached hydrogen (secondary N) is 4. The average molecular weight is 891 g/mol. The Morgan fingerprint density at radius 3 is 2.32 bits per heavy atom. The fraction of sp³-hybridized carbons (Fsp3) is 0.373. The van der Waals surface area contributed by atoms with Gasteiger partial charge < -0.3 is 44.9 Å². The van der Waals surface area contributed by atoms with Crippen LogP contribution in [0.4, 0.5) is 9.59 Å². The van der Waals surface area contributed by atoms with Crippen LogP contribution >= 0.6 is 0 Å². The van der Waals surface area contributed by atoms with Crippen molar-refractivity contribution in [2.24, 2.45) is 10.9 Å². The number of methoxy groups -OCH3 is 3. The van der Waals surface area contributed by atoms with Gasteiger partial charge in [-0.05, 0) is 102 Å². The highest BCUT2D eigenvalue weighted by atomic mass is 16.5. The number of fused-ring (bicyclic) bond motifs is 6. The molecule has 2 bridgehead atoms. The van der Waals surface area contributed by atoms with Gasteiger partial charge in [-0.1, -0.05) is 78.9 Å². The summed E-state index contributed by atoms with van der Waals surface area (Å²) >= 11 is 0. The van der Waals surface area contributed by atoms with Gasteiger partial charge in [0.25, 0.3) is 5.91 Å². The van der Waals surface area contributed by atoms with Crippen molar-refractivity contribution in [2.75, 3.05) is 27.9 Å². The Labute approximate surface area is 383 Å². The molecule has 9 atom stereocenters. The number of imidazole rings is 1.